The Morgan fingerprint density at radius 1 is 1.06 bits per heavy atom. The summed E-state index contributed by atoms with van der Waals surface area (Å²) in [6.07, 6.45) is 0.839. The van der Waals surface area contributed by atoms with Crippen molar-refractivity contribution in [3.8, 4) is 11.5 Å². The SMILES string of the molecule is CCOCOc1ccc(CCN)cc1OCC. The molecule has 0 amide bonds. The molecule has 0 aliphatic carbocycles. The molecule has 96 valence electrons. The van der Waals surface area contributed by atoms with Gasteiger partial charge in [-0.15, -0.1) is 0 Å². The maximum atomic E-state index is 5.53. The summed E-state index contributed by atoms with van der Waals surface area (Å²) in [6, 6.07) is 5.86. The second-order valence-corrected chi connectivity index (χ2v) is 3.51. The Labute approximate surface area is 103 Å². The van der Waals surface area contributed by atoms with Gasteiger partial charge in [0.15, 0.2) is 18.3 Å². The van der Waals surface area contributed by atoms with Crippen LogP contribution in [0.4, 0.5) is 0 Å². The van der Waals surface area contributed by atoms with Crippen LogP contribution in [0.5, 0.6) is 11.5 Å². The molecule has 0 bridgehead atoms. The Morgan fingerprint density at radius 2 is 1.88 bits per heavy atom. The lowest BCUT2D eigenvalue weighted by Gasteiger charge is -2.13. The molecule has 0 aliphatic rings. The lowest BCUT2D eigenvalue weighted by molar-refractivity contribution is 0.0206. The van der Waals surface area contributed by atoms with E-state index in [0.717, 1.165) is 17.7 Å². The molecule has 0 aliphatic heterocycles. The molecule has 0 saturated carbocycles. The molecule has 0 atom stereocenters. The van der Waals surface area contributed by atoms with Gasteiger partial charge >= 0.3 is 0 Å². The van der Waals surface area contributed by atoms with Gasteiger partial charge in [-0.2, -0.15) is 0 Å². The van der Waals surface area contributed by atoms with Crippen molar-refractivity contribution < 1.29 is 14.2 Å². The Kier molecular flexibility index (Phi) is 6.43. The summed E-state index contributed by atoms with van der Waals surface area (Å²) >= 11 is 0. The van der Waals surface area contributed by atoms with E-state index in [9.17, 15) is 0 Å². The third-order valence-electron chi connectivity index (χ3n) is 2.24. The van der Waals surface area contributed by atoms with E-state index >= 15 is 0 Å². The molecular weight excluding hydrogens is 218 g/mol. The van der Waals surface area contributed by atoms with E-state index in [0.29, 0.717) is 25.5 Å². The molecule has 4 heteroatoms. The molecule has 0 fully saturated rings. The second-order valence-electron chi connectivity index (χ2n) is 3.51. The molecular formula is C13H21NO3. The van der Waals surface area contributed by atoms with E-state index in [1.807, 2.05) is 32.0 Å². The number of benzene rings is 1. The van der Waals surface area contributed by atoms with Gasteiger partial charge in [-0.1, -0.05) is 6.07 Å². The van der Waals surface area contributed by atoms with Crippen molar-refractivity contribution in [3.05, 3.63) is 23.8 Å². The highest BCUT2D eigenvalue weighted by Crippen LogP contribution is 2.28. The maximum absolute atomic E-state index is 5.53. The molecule has 1 rings (SSSR count). The van der Waals surface area contributed by atoms with Crippen molar-refractivity contribution >= 4 is 0 Å². The molecule has 17 heavy (non-hydrogen) atoms. The van der Waals surface area contributed by atoms with E-state index in [4.69, 9.17) is 19.9 Å². The first-order valence-electron chi connectivity index (χ1n) is 5.98. The first kappa shape index (κ1) is 13.8. The van der Waals surface area contributed by atoms with E-state index in [1.54, 1.807) is 0 Å². The van der Waals surface area contributed by atoms with E-state index in [1.165, 1.54) is 0 Å². The van der Waals surface area contributed by atoms with Gasteiger partial charge in [0.05, 0.1) is 6.61 Å². The summed E-state index contributed by atoms with van der Waals surface area (Å²) in [5.41, 5.74) is 6.68. The van der Waals surface area contributed by atoms with Crippen LogP contribution in [-0.2, 0) is 11.2 Å². The van der Waals surface area contributed by atoms with Crippen LogP contribution in [0.3, 0.4) is 0 Å². The average molecular weight is 239 g/mol. The van der Waals surface area contributed by atoms with Crippen LogP contribution in [0.1, 0.15) is 19.4 Å². The van der Waals surface area contributed by atoms with Gasteiger partial charge in [0, 0.05) is 6.61 Å². The summed E-state index contributed by atoms with van der Waals surface area (Å²) in [5.74, 6) is 1.46. The molecule has 0 radical (unpaired) electrons. The van der Waals surface area contributed by atoms with E-state index < -0.39 is 0 Å². The zero-order chi connectivity index (χ0) is 12.5. The third-order valence-corrected chi connectivity index (χ3v) is 2.24. The number of ether oxygens (including phenoxy) is 3. The molecule has 0 saturated heterocycles. The fourth-order valence-electron chi connectivity index (χ4n) is 1.45. The molecule has 2 N–H and O–H groups in total. The highest BCUT2D eigenvalue weighted by atomic mass is 16.7. The van der Waals surface area contributed by atoms with Crippen molar-refractivity contribution in [2.24, 2.45) is 5.73 Å². The van der Waals surface area contributed by atoms with Crippen LogP contribution in [0.25, 0.3) is 0 Å². The Morgan fingerprint density at radius 3 is 2.53 bits per heavy atom. The number of rotatable bonds is 8. The molecule has 1 aromatic carbocycles. The predicted octanol–water partition coefficient (Wildman–Crippen LogP) is 1.96. The highest BCUT2D eigenvalue weighted by Gasteiger charge is 2.06. The smallest absolute Gasteiger partial charge is 0.189 e. The first-order chi connectivity index (χ1) is 8.31. The van der Waals surface area contributed by atoms with Gasteiger partial charge in [-0.3, -0.25) is 0 Å². The highest BCUT2D eigenvalue weighted by molar-refractivity contribution is 5.43. The minimum atomic E-state index is 0.243. The average Bonchev–Trinajstić information content (AvgIpc) is 2.33. The summed E-state index contributed by atoms with van der Waals surface area (Å²) in [4.78, 5) is 0. The third kappa shape index (κ3) is 4.63. The largest absolute Gasteiger partial charge is 0.490 e. The van der Waals surface area contributed by atoms with Gasteiger partial charge < -0.3 is 19.9 Å². The van der Waals surface area contributed by atoms with Crippen molar-refractivity contribution in [2.45, 2.75) is 20.3 Å². The van der Waals surface area contributed by atoms with Crippen LogP contribution >= 0.6 is 0 Å². The summed E-state index contributed by atoms with van der Waals surface area (Å²) < 4.78 is 16.2. The molecule has 0 aromatic heterocycles. The molecule has 0 heterocycles. The first-order valence-corrected chi connectivity index (χ1v) is 5.98. The maximum Gasteiger partial charge on any atom is 0.189 e. The van der Waals surface area contributed by atoms with Crippen LogP contribution < -0.4 is 15.2 Å². The van der Waals surface area contributed by atoms with Crippen LogP contribution in [0.2, 0.25) is 0 Å². The second kappa shape index (κ2) is 7.92. The zero-order valence-corrected chi connectivity index (χ0v) is 10.6. The zero-order valence-electron chi connectivity index (χ0n) is 10.6. The minimum Gasteiger partial charge on any atom is -0.490 e. The normalized spacial score (nSPS) is 10.3. The van der Waals surface area contributed by atoms with Gasteiger partial charge in [0.25, 0.3) is 0 Å². The van der Waals surface area contributed by atoms with Crippen LogP contribution in [0.15, 0.2) is 18.2 Å². The topological polar surface area (TPSA) is 53.7 Å². The van der Waals surface area contributed by atoms with Gasteiger partial charge in [-0.25, -0.2) is 0 Å². The summed E-state index contributed by atoms with van der Waals surface area (Å²) in [6.45, 7) is 5.99. The molecule has 4 nitrogen and oxygen atoms in total. The van der Waals surface area contributed by atoms with Gasteiger partial charge in [-0.05, 0) is 44.5 Å². The lowest BCUT2D eigenvalue weighted by atomic mass is 10.1. The Balaban J connectivity index is 2.72. The fourth-order valence-corrected chi connectivity index (χ4v) is 1.45. The van der Waals surface area contributed by atoms with Crippen molar-refractivity contribution in [2.75, 3.05) is 26.6 Å². The van der Waals surface area contributed by atoms with E-state index in [-0.39, 0.29) is 6.79 Å². The van der Waals surface area contributed by atoms with Crippen LogP contribution in [-0.4, -0.2) is 26.6 Å². The van der Waals surface area contributed by atoms with Gasteiger partial charge in [0.1, 0.15) is 0 Å². The van der Waals surface area contributed by atoms with Crippen molar-refractivity contribution in [1.82, 2.24) is 0 Å². The standard InChI is InChI=1S/C13H21NO3/c1-3-15-10-17-12-6-5-11(7-8-14)9-13(12)16-4-2/h5-6,9H,3-4,7-8,10,14H2,1-2H3. The molecule has 0 spiro atoms. The summed E-state index contributed by atoms with van der Waals surface area (Å²) in [5, 5.41) is 0. The predicted molar refractivity (Wildman–Crippen MR) is 67.5 cm³/mol. The van der Waals surface area contributed by atoms with Crippen molar-refractivity contribution in [3.63, 3.8) is 0 Å². The Hall–Kier alpha value is -1.26. The molecule has 0 unspecified atom stereocenters. The van der Waals surface area contributed by atoms with Crippen LogP contribution in [0, 0.1) is 0 Å². The number of hydrogen-bond donors (Lipinski definition) is 1. The minimum absolute atomic E-state index is 0.243. The fraction of sp³-hybridized carbons (Fsp3) is 0.538. The monoisotopic (exact) mass is 239 g/mol. The van der Waals surface area contributed by atoms with E-state index in [2.05, 4.69) is 0 Å². The lowest BCUT2D eigenvalue weighted by Crippen LogP contribution is -2.06. The quantitative estimate of drug-likeness (QED) is 0.556. The number of hydrogen-bond acceptors (Lipinski definition) is 4. The Bertz CT molecular complexity index is 328. The number of nitrogens with two attached hydrogens (primary N) is 1. The molecule has 1 aromatic rings. The summed E-state index contributed by atoms with van der Waals surface area (Å²) in [7, 11) is 0. The van der Waals surface area contributed by atoms with Gasteiger partial charge in [0.2, 0.25) is 0 Å². The van der Waals surface area contributed by atoms with Crippen molar-refractivity contribution in [1.29, 1.82) is 0 Å².